The van der Waals surface area contributed by atoms with E-state index in [0.717, 1.165) is 30.5 Å². The average molecular weight is 543 g/mol. The number of aromatic hydroxyl groups is 1. The molecule has 5 aliphatic rings. The van der Waals surface area contributed by atoms with Crippen molar-refractivity contribution in [1.82, 2.24) is 10.2 Å². The van der Waals surface area contributed by atoms with Crippen LogP contribution in [0.3, 0.4) is 0 Å². The predicted octanol–water partition coefficient (Wildman–Crippen LogP) is 0.493. The summed E-state index contributed by atoms with van der Waals surface area (Å²) in [6, 6.07) is 3.39. The van der Waals surface area contributed by atoms with Crippen LogP contribution in [0.5, 0.6) is 11.5 Å². The summed E-state index contributed by atoms with van der Waals surface area (Å²) >= 11 is 0. The zero-order valence-corrected chi connectivity index (χ0v) is 22.1. The molecule has 4 N–H and O–H groups in total. The molecule has 2 bridgehead atoms. The molecule has 0 aromatic heterocycles. The summed E-state index contributed by atoms with van der Waals surface area (Å²) in [5.74, 6) is -2.52. The van der Waals surface area contributed by atoms with E-state index in [4.69, 9.17) is 14.2 Å². The maximum Gasteiger partial charge on any atom is 0.333 e. The van der Waals surface area contributed by atoms with E-state index in [2.05, 4.69) is 23.3 Å². The van der Waals surface area contributed by atoms with E-state index in [-0.39, 0.29) is 24.1 Å². The van der Waals surface area contributed by atoms with Gasteiger partial charge in [-0.05, 0) is 38.1 Å². The van der Waals surface area contributed by atoms with Crippen LogP contribution < -0.4 is 10.1 Å². The number of aliphatic hydroxyl groups excluding tert-OH is 1. The number of phenolic OH excluding ortho intramolecular Hbond substituents is 1. The van der Waals surface area contributed by atoms with Crippen LogP contribution in [0.25, 0.3) is 0 Å². The van der Waals surface area contributed by atoms with Crippen molar-refractivity contribution in [1.29, 1.82) is 0 Å². The Bertz CT molecular complexity index is 1250. The average Bonchev–Trinajstić information content (AvgIpc) is 3.23. The molecule has 1 aromatic rings. The number of amides is 1. The highest BCUT2D eigenvalue weighted by Crippen LogP contribution is 2.62. The molecule has 11 nitrogen and oxygen atoms in total. The van der Waals surface area contributed by atoms with Crippen LogP contribution in [0.4, 0.5) is 0 Å². The van der Waals surface area contributed by atoms with Gasteiger partial charge in [0.05, 0.1) is 18.6 Å². The molecule has 1 amide bonds. The van der Waals surface area contributed by atoms with Gasteiger partial charge in [-0.15, -0.1) is 0 Å². The van der Waals surface area contributed by atoms with Gasteiger partial charge in [0.15, 0.2) is 23.7 Å². The first kappa shape index (κ1) is 26.1. The number of esters is 1. The van der Waals surface area contributed by atoms with Crippen molar-refractivity contribution in [3.63, 3.8) is 0 Å². The standard InChI is InChI=1S/C28H34N2O9/c1-12-22(34)25(37-13(2)31)19(38-23(12)27(35)36)11-20(33)29-16-6-5-15-17-10-14-4-7-18(32)24-21(14)28(15,26(16)39-24)8-9-30(17)3/h4-7,12,15-17,19,22-23,25-26,32,34H,8-11H2,1-3H3,(H,29,33)(H,35,36)/t12-,15?,16+,17+,19?,22-,23-,25-,26?,28-/m0/s1. The van der Waals surface area contributed by atoms with Crippen molar-refractivity contribution < 1.29 is 43.9 Å². The zero-order valence-electron chi connectivity index (χ0n) is 22.1. The molecule has 3 aliphatic heterocycles. The predicted molar refractivity (Wildman–Crippen MR) is 135 cm³/mol. The number of nitrogens with one attached hydrogen (secondary N) is 1. The number of ether oxygens (including phenoxy) is 3. The normalized spacial score (nSPS) is 39.8. The smallest absolute Gasteiger partial charge is 0.333 e. The van der Waals surface area contributed by atoms with Gasteiger partial charge in [0, 0.05) is 35.8 Å². The SMILES string of the molecule is CC(=O)O[C@H]1C(CC(=O)N[C@@H]2C=CC3[C@H]4Cc5ccc(O)c6c5[C@@]3(CCN4C)C2O6)O[C@H](C(=O)O)[C@@H](C)[C@@H]1O. The summed E-state index contributed by atoms with van der Waals surface area (Å²) in [4.78, 5) is 39.2. The number of aliphatic carboxylic acids is 1. The fourth-order valence-electron chi connectivity index (χ4n) is 7.69. The number of carbonyl (C=O) groups excluding carboxylic acids is 2. The molecule has 3 unspecified atom stereocenters. The lowest BCUT2D eigenvalue weighted by Gasteiger charge is -2.57. The first-order valence-electron chi connectivity index (χ1n) is 13.5. The Morgan fingerprint density at radius 2 is 2.03 bits per heavy atom. The number of likely N-dealkylation sites (N-methyl/N-ethyl adjacent to an activating group) is 1. The molecule has 6 rings (SSSR count). The number of piperidine rings is 1. The van der Waals surface area contributed by atoms with Crippen molar-refractivity contribution >= 4 is 17.8 Å². The van der Waals surface area contributed by atoms with Gasteiger partial charge in [0.1, 0.15) is 12.2 Å². The van der Waals surface area contributed by atoms with Crippen LogP contribution in [0, 0.1) is 11.8 Å². The van der Waals surface area contributed by atoms with E-state index in [1.807, 2.05) is 12.1 Å². The molecule has 2 saturated heterocycles. The Hall–Kier alpha value is -3.15. The van der Waals surface area contributed by atoms with Gasteiger partial charge in [-0.1, -0.05) is 25.1 Å². The Morgan fingerprint density at radius 3 is 2.74 bits per heavy atom. The monoisotopic (exact) mass is 542 g/mol. The molecule has 1 aromatic carbocycles. The largest absolute Gasteiger partial charge is 0.504 e. The van der Waals surface area contributed by atoms with Gasteiger partial charge in [0.25, 0.3) is 0 Å². The molecule has 2 fully saturated rings. The first-order valence-corrected chi connectivity index (χ1v) is 13.5. The number of carboxylic acids is 1. The van der Waals surface area contributed by atoms with Crippen LogP contribution in [0.1, 0.15) is 37.8 Å². The van der Waals surface area contributed by atoms with E-state index < -0.39 is 65.7 Å². The van der Waals surface area contributed by atoms with Crippen LogP contribution in [-0.4, -0.2) is 94.3 Å². The topological polar surface area (TPSA) is 155 Å². The maximum atomic E-state index is 13.4. The summed E-state index contributed by atoms with van der Waals surface area (Å²) in [5.41, 5.74) is 1.80. The lowest BCUT2D eigenvalue weighted by Crippen LogP contribution is -2.67. The molecule has 39 heavy (non-hydrogen) atoms. The summed E-state index contributed by atoms with van der Waals surface area (Å²) < 4.78 is 17.4. The van der Waals surface area contributed by atoms with Crippen molar-refractivity contribution in [2.24, 2.45) is 11.8 Å². The molecule has 10 atom stereocenters. The number of nitrogens with zero attached hydrogens (tertiary/aromatic N) is 1. The Morgan fingerprint density at radius 1 is 1.26 bits per heavy atom. The molecule has 0 saturated carbocycles. The van der Waals surface area contributed by atoms with Crippen molar-refractivity contribution in [2.45, 2.75) is 81.1 Å². The van der Waals surface area contributed by atoms with Crippen LogP contribution >= 0.6 is 0 Å². The Balaban J connectivity index is 1.27. The first-order chi connectivity index (χ1) is 18.5. The summed E-state index contributed by atoms with van der Waals surface area (Å²) in [5, 5.41) is 34.0. The van der Waals surface area contributed by atoms with Gasteiger partial charge >= 0.3 is 11.9 Å². The number of aliphatic hydroxyl groups is 1. The molecule has 1 spiro atoms. The summed E-state index contributed by atoms with van der Waals surface area (Å²) in [6.45, 7) is 3.53. The lowest BCUT2D eigenvalue weighted by molar-refractivity contribution is -0.220. The highest BCUT2D eigenvalue weighted by molar-refractivity contribution is 5.78. The van der Waals surface area contributed by atoms with E-state index in [1.54, 1.807) is 6.07 Å². The molecular weight excluding hydrogens is 508 g/mol. The Labute approximate surface area is 225 Å². The third kappa shape index (κ3) is 3.85. The molecule has 2 aliphatic carbocycles. The van der Waals surface area contributed by atoms with E-state index in [0.29, 0.717) is 5.75 Å². The van der Waals surface area contributed by atoms with Crippen LogP contribution in [-0.2, 0) is 35.7 Å². The van der Waals surface area contributed by atoms with Gasteiger partial charge < -0.3 is 39.7 Å². The quantitative estimate of drug-likeness (QED) is 0.305. The van der Waals surface area contributed by atoms with Crippen molar-refractivity contribution in [3.05, 3.63) is 35.4 Å². The second kappa shape index (κ2) is 9.21. The van der Waals surface area contributed by atoms with E-state index in [9.17, 15) is 29.7 Å². The number of benzene rings is 1. The number of rotatable bonds is 5. The number of hydrogen-bond acceptors (Lipinski definition) is 9. The van der Waals surface area contributed by atoms with Gasteiger partial charge in [-0.2, -0.15) is 0 Å². The number of likely N-dealkylation sites (tertiary alicyclic amines) is 1. The van der Waals surface area contributed by atoms with Gasteiger partial charge in [-0.3, -0.25) is 9.59 Å². The molecule has 11 heteroatoms. The number of phenols is 1. The highest BCUT2D eigenvalue weighted by Gasteiger charge is 2.64. The fraction of sp³-hybridized carbons (Fsp3) is 0.607. The number of hydrogen-bond donors (Lipinski definition) is 4. The number of carboxylic acid groups (broad SMARTS) is 1. The highest BCUT2D eigenvalue weighted by atomic mass is 16.6. The van der Waals surface area contributed by atoms with Crippen molar-refractivity contribution in [2.75, 3.05) is 13.6 Å². The van der Waals surface area contributed by atoms with Gasteiger partial charge in [0.2, 0.25) is 5.91 Å². The second-order valence-electron chi connectivity index (χ2n) is 11.6. The zero-order chi connectivity index (χ0) is 27.8. The van der Waals surface area contributed by atoms with Crippen LogP contribution in [0.15, 0.2) is 24.3 Å². The van der Waals surface area contributed by atoms with Crippen LogP contribution in [0.2, 0.25) is 0 Å². The minimum absolute atomic E-state index is 0.0846. The molecule has 210 valence electrons. The molecular formula is C28H34N2O9. The van der Waals surface area contributed by atoms with Gasteiger partial charge in [-0.25, -0.2) is 4.79 Å². The van der Waals surface area contributed by atoms with E-state index >= 15 is 0 Å². The molecule has 0 radical (unpaired) electrons. The lowest BCUT2D eigenvalue weighted by atomic mass is 9.53. The third-order valence-electron chi connectivity index (χ3n) is 9.48. The minimum Gasteiger partial charge on any atom is -0.504 e. The summed E-state index contributed by atoms with van der Waals surface area (Å²) in [6.07, 6.45) is -0.0361. The van der Waals surface area contributed by atoms with Crippen molar-refractivity contribution in [3.8, 4) is 11.5 Å². The second-order valence-corrected chi connectivity index (χ2v) is 11.6. The molecule has 3 heterocycles. The minimum atomic E-state index is -1.36. The fourth-order valence-corrected chi connectivity index (χ4v) is 7.69. The summed E-state index contributed by atoms with van der Waals surface area (Å²) in [7, 11) is 2.12. The Kier molecular flexibility index (Phi) is 6.16. The third-order valence-corrected chi connectivity index (χ3v) is 9.48. The number of carbonyl (C=O) groups is 3. The maximum absolute atomic E-state index is 13.4. The van der Waals surface area contributed by atoms with E-state index in [1.165, 1.54) is 13.8 Å².